The Labute approximate surface area is 191 Å². The van der Waals surface area contributed by atoms with Crippen LogP contribution in [-0.2, 0) is 4.79 Å². The standard InChI is InChI=1S/C26H34N4O2/c1-21-12-6-7-15-23(21)20-28-29-26(32)24(30-18-10-3-11-19-30)16-8-9-17-27-25(31)22-13-4-2-5-14-22/h2,4-7,12-15,20,24H,3,8-11,16-19H2,1H3,(H,27,31)(H,29,32). The first-order valence-corrected chi connectivity index (χ1v) is 11.6. The summed E-state index contributed by atoms with van der Waals surface area (Å²) < 4.78 is 0. The number of hydrogen-bond acceptors (Lipinski definition) is 4. The molecule has 1 atom stereocenters. The molecule has 1 unspecified atom stereocenters. The molecular formula is C26H34N4O2. The van der Waals surface area contributed by atoms with Gasteiger partial charge in [-0.2, -0.15) is 5.10 Å². The zero-order chi connectivity index (χ0) is 22.6. The number of aryl methyl sites for hydroxylation is 1. The number of amides is 2. The summed E-state index contributed by atoms with van der Waals surface area (Å²) in [4.78, 5) is 27.4. The van der Waals surface area contributed by atoms with Gasteiger partial charge in [-0.05, 0) is 75.4 Å². The maximum atomic E-state index is 12.9. The molecular weight excluding hydrogens is 400 g/mol. The van der Waals surface area contributed by atoms with Gasteiger partial charge in [-0.15, -0.1) is 0 Å². The van der Waals surface area contributed by atoms with Crippen molar-refractivity contribution >= 4 is 18.0 Å². The Hall–Kier alpha value is -2.99. The third-order valence-corrected chi connectivity index (χ3v) is 5.93. The second-order valence-corrected chi connectivity index (χ2v) is 8.32. The molecule has 0 spiro atoms. The van der Waals surface area contributed by atoms with Crippen molar-refractivity contribution in [3.05, 3.63) is 71.3 Å². The van der Waals surface area contributed by atoms with E-state index in [2.05, 4.69) is 20.7 Å². The van der Waals surface area contributed by atoms with E-state index in [0.717, 1.165) is 56.3 Å². The third kappa shape index (κ3) is 7.31. The summed E-state index contributed by atoms with van der Waals surface area (Å²) in [6.07, 6.45) is 7.65. The number of hydrogen-bond donors (Lipinski definition) is 2. The van der Waals surface area contributed by atoms with Crippen LogP contribution < -0.4 is 10.7 Å². The molecule has 0 bridgehead atoms. The van der Waals surface area contributed by atoms with Crippen LogP contribution in [0.5, 0.6) is 0 Å². The number of likely N-dealkylation sites (tertiary alicyclic amines) is 1. The number of nitrogens with one attached hydrogen (secondary N) is 2. The highest BCUT2D eigenvalue weighted by Gasteiger charge is 2.26. The molecule has 2 N–H and O–H groups in total. The largest absolute Gasteiger partial charge is 0.352 e. The highest BCUT2D eigenvalue weighted by atomic mass is 16.2. The molecule has 2 aromatic carbocycles. The van der Waals surface area contributed by atoms with Crippen LogP contribution in [-0.4, -0.2) is 48.6 Å². The number of rotatable bonds is 10. The van der Waals surface area contributed by atoms with Gasteiger partial charge in [0.2, 0.25) is 0 Å². The number of nitrogens with zero attached hydrogens (tertiary/aromatic N) is 2. The second-order valence-electron chi connectivity index (χ2n) is 8.32. The van der Waals surface area contributed by atoms with Crippen molar-refractivity contribution in [3.63, 3.8) is 0 Å². The van der Waals surface area contributed by atoms with Gasteiger partial charge in [0.05, 0.1) is 12.3 Å². The summed E-state index contributed by atoms with van der Waals surface area (Å²) in [6, 6.07) is 17.0. The molecule has 32 heavy (non-hydrogen) atoms. The van der Waals surface area contributed by atoms with Gasteiger partial charge in [-0.3, -0.25) is 14.5 Å². The molecule has 3 rings (SSSR count). The van der Waals surface area contributed by atoms with Gasteiger partial charge < -0.3 is 5.32 Å². The van der Waals surface area contributed by atoms with Gasteiger partial charge in [0.15, 0.2) is 0 Å². The minimum Gasteiger partial charge on any atom is -0.352 e. The molecule has 0 saturated carbocycles. The van der Waals surface area contributed by atoms with Crippen molar-refractivity contribution < 1.29 is 9.59 Å². The number of piperidine rings is 1. The third-order valence-electron chi connectivity index (χ3n) is 5.93. The van der Waals surface area contributed by atoms with Crippen LogP contribution >= 0.6 is 0 Å². The van der Waals surface area contributed by atoms with Crippen molar-refractivity contribution in [2.45, 2.75) is 51.5 Å². The molecule has 1 fully saturated rings. The minimum atomic E-state index is -0.186. The van der Waals surface area contributed by atoms with E-state index >= 15 is 0 Å². The maximum absolute atomic E-state index is 12.9. The van der Waals surface area contributed by atoms with Gasteiger partial charge in [0.25, 0.3) is 11.8 Å². The lowest BCUT2D eigenvalue weighted by Gasteiger charge is -2.33. The fraction of sp³-hybridized carbons (Fsp3) is 0.423. The molecule has 1 aliphatic heterocycles. The highest BCUT2D eigenvalue weighted by Crippen LogP contribution is 2.16. The number of unbranched alkanes of at least 4 members (excludes halogenated alkanes) is 1. The minimum absolute atomic E-state index is 0.0509. The Morgan fingerprint density at radius 3 is 2.47 bits per heavy atom. The SMILES string of the molecule is Cc1ccccc1C=NNC(=O)C(CCCCNC(=O)c1ccccc1)N1CCCCC1. The molecule has 6 heteroatoms. The van der Waals surface area contributed by atoms with Crippen LogP contribution in [0, 0.1) is 6.92 Å². The Kier molecular flexibility index (Phi) is 9.44. The van der Waals surface area contributed by atoms with Crippen LogP contribution in [0.3, 0.4) is 0 Å². The Morgan fingerprint density at radius 2 is 1.72 bits per heavy atom. The number of carbonyl (C=O) groups is 2. The topological polar surface area (TPSA) is 73.8 Å². The van der Waals surface area contributed by atoms with Crippen molar-refractivity contribution in [3.8, 4) is 0 Å². The van der Waals surface area contributed by atoms with E-state index < -0.39 is 0 Å². The Bertz CT molecular complexity index is 892. The molecule has 0 radical (unpaired) electrons. The lowest BCUT2D eigenvalue weighted by atomic mass is 10.0. The quantitative estimate of drug-likeness (QED) is 0.338. The lowest BCUT2D eigenvalue weighted by molar-refractivity contribution is -0.127. The number of hydrazone groups is 1. The summed E-state index contributed by atoms with van der Waals surface area (Å²) >= 11 is 0. The van der Waals surface area contributed by atoms with Gasteiger partial charge in [0, 0.05) is 12.1 Å². The van der Waals surface area contributed by atoms with E-state index in [9.17, 15) is 9.59 Å². The van der Waals surface area contributed by atoms with Crippen molar-refractivity contribution in [1.82, 2.24) is 15.6 Å². The summed E-state index contributed by atoms with van der Waals surface area (Å²) in [7, 11) is 0. The van der Waals surface area contributed by atoms with E-state index in [0.29, 0.717) is 12.1 Å². The highest BCUT2D eigenvalue weighted by molar-refractivity contribution is 5.94. The van der Waals surface area contributed by atoms with Crippen molar-refractivity contribution in [1.29, 1.82) is 0 Å². The lowest BCUT2D eigenvalue weighted by Crippen LogP contribution is -2.47. The van der Waals surface area contributed by atoms with Crippen molar-refractivity contribution in [2.75, 3.05) is 19.6 Å². The van der Waals surface area contributed by atoms with Crippen LogP contribution in [0.4, 0.5) is 0 Å². The average Bonchev–Trinajstić information content (AvgIpc) is 2.83. The molecule has 1 heterocycles. The fourth-order valence-corrected chi connectivity index (χ4v) is 4.04. The van der Waals surface area contributed by atoms with Crippen LogP contribution in [0.15, 0.2) is 59.7 Å². The first kappa shape index (κ1) is 23.7. The van der Waals surface area contributed by atoms with Crippen LogP contribution in [0.25, 0.3) is 0 Å². The first-order chi connectivity index (χ1) is 15.6. The summed E-state index contributed by atoms with van der Waals surface area (Å²) in [5.74, 6) is -0.105. The number of carbonyl (C=O) groups excluding carboxylic acids is 2. The molecule has 170 valence electrons. The summed E-state index contributed by atoms with van der Waals surface area (Å²) in [5, 5.41) is 7.17. The first-order valence-electron chi connectivity index (χ1n) is 11.6. The molecule has 0 aromatic heterocycles. The van der Waals surface area contributed by atoms with Gasteiger partial charge in [-0.1, -0.05) is 48.9 Å². The number of benzene rings is 2. The average molecular weight is 435 g/mol. The van der Waals surface area contributed by atoms with Gasteiger partial charge in [0.1, 0.15) is 0 Å². The van der Waals surface area contributed by atoms with Crippen LogP contribution in [0.1, 0.15) is 60.0 Å². The predicted molar refractivity (Wildman–Crippen MR) is 129 cm³/mol. The second kappa shape index (κ2) is 12.8. The summed E-state index contributed by atoms with van der Waals surface area (Å²) in [6.45, 7) is 4.53. The summed E-state index contributed by atoms with van der Waals surface area (Å²) in [5.41, 5.74) is 5.54. The monoisotopic (exact) mass is 434 g/mol. The maximum Gasteiger partial charge on any atom is 0.257 e. The van der Waals surface area contributed by atoms with E-state index in [1.807, 2.05) is 61.5 Å². The zero-order valence-electron chi connectivity index (χ0n) is 18.9. The van der Waals surface area contributed by atoms with E-state index in [-0.39, 0.29) is 17.9 Å². The molecule has 0 aliphatic carbocycles. The van der Waals surface area contributed by atoms with E-state index in [1.54, 1.807) is 6.21 Å². The fourth-order valence-electron chi connectivity index (χ4n) is 4.04. The van der Waals surface area contributed by atoms with Crippen LogP contribution in [0.2, 0.25) is 0 Å². The molecule has 1 saturated heterocycles. The smallest absolute Gasteiger partial charge is 0.257 e. The van der Waals surface area contributed by atoms with Gasteiger partial charge in [-0.25, -0.2) is 5.43 Å². The van der Waals surface area contributed by atoms with Crippen molar-refractivity contribution in [2.24, 2.45) is 5.10 Å². The van der Waals surface area contributed by atoms with E-state index in [4.69, 9.17) is 0 Å². The Balaban J connectivity index is 1.48. The zero-order valence-corrected chi connectivity index (χ0v) is 18.9. The Morgan fingerprint density at radius 1 is 1.00 bits per heavy atom. The molecule has 6 nitrogen and oxygen atoms in total. The molecule has 2 aromatic rings. The molecule has 1 aliphatic rings. The molecule has 2 amide bonds. The van der Waals surface area contributed by atoms with Gasteiger partial charge >= 0.3 is 0 Å². The predicted octanol–water partition coefficient (Wildman–Crippen LogP) is 3.90. The normalized spacial score (nSPS) is 15.4. The van der Waals surface area contributed by atoms with E-state index in [1.165, 1.54) is 6.42 Å².